The van der Waals surface area contributed by atoms with E-state index in [1.165, 1.54) is 16.7 Å². The summed E-state index contributed by atoms with van der Waals surface area (Å²) in [5.41, 5.74) is 4.83. The summed E-state index contributed by atoms with van der Waals surface area (Å²) in [4.78, 5) is 0. The van der Waals surface area contributed by atoms with Crippen molar-refractivity contribution in [3.05, 3.63) is 71.3 Å². The first-order chi connectivity index (χ1) is 10.3. The highest BCUT2D eigenvalue weighted by Crippen LogP contribution is 2.36. The summed E-state index contributed by atoms with van der Waals surface area (Å²) >= 11 is 0. The molecule has 2 atom stereocenters. The Bertz CT molecular complexity index is 659. The lowest BCUT2D eigenvalue weighted by atomic mass is 10.1. The minimum Gasteiger partial charge on any atom is -0.366 e. The zero-order valence-corrected chi connectivity index (χ0v) is 12.1. The predicted octanol–water partition coefficient (Wildman–Crippen LogP) is 3.15. The van der Waals surface area contributed by atoms with Crippen molar-refractivity contribution in [3.63, 3.8) is 0 Å². The summed E-state index contributed by atoms with van der Waals surface area (Å²) in [6.45, 7) is 3.88. The molecule has 2 fully saturated rings. The minimum absolute atomic E-state index is 0.171. The van der Waals surface area contributed by atoms with Crippen LogP contribution >= 0.6 is 0 Å². The summed E-state index contributed by atoms with van der Waals surface area (Å²) in [5.74, 6) is 0. The van der Waals surface area contributed by atoms with Gasteiger partial charge < -0.3 is 4.74 Å². The average Bonchev–Trinajstić information content (AvgIpc) is 3.41. The van der Waals surface area contributed by atoms with Crippen LogP contribution in [0.3, 0.4) is 0 Å². The fourth-order valence-electron chi connectivity index (χ4n) is 2.57. The number of hydrogen-bond acceptors (Lipinski definition) is 3. The molecule has 0 radical (unpaired) electrons. The van der Waals surface area contributed by atoms with E-state index in [0.717, 1.165) is 18.9 Å². The van der Waals surface area contributed by atoms with Gasteiger partial charge in [0.25, 0.3) is 0 Å². The maximum atomic E-state index is 5.47. The van der Waals surface area contributed by atoms with Crippen molar-refractivity contribution in [2.24, 2.45) is 5.10 Å². The van der Waals surface area contributed by atoms with Crippen LogP contribution in [0.2, 0.25) is 0 Å². The standard InChI is InChI=1S/C18H18N2O/c1-13-7-9-15(10-8-13)18(17-12-21-17)19-20-11-16(20)14-5-3-2-4-6-14/h2-10,16-17H,11-12H2,1H3/b19-18-. The predicted molar refractivity (Wildman–Crippen MR) is 83.3 cm³/mol. The van der Waals surface area contributed by atoms with Gasteiger partial charge >= 0.3 is 0 Å². The number of benzene rings is 2. The molecule has 2 saturated heterocycles. The molecule has 2 aromatic rings. The van der Waals surface area contributed by atoms with Crippen LogP contribution in [-0.4, -0.2) is 30.0 Å². The van der Waals surface area contributed by atoms with Gasteiger partial charge in [0.05, 0.1) is 24.9 Å². The molecule has 0 bridgehead atoms. The SMILES string of the molecule is Cc1ccc(/C(=N/N2CC2c2ccccc2)C2CO2)cc1. The quantitative estimate of drug-likeness (QED) is 0.635. The van der Waals surface area contributed by atoms with Gasteiger partial charge in [0.15, 0.2) is 0 Å². The first kappa shape index (κ1) is 12.6. The number of hydrogen-bond donors (Lipinski definition) is 0. The van der Waals surface area contributed by atoms with Crippen LogP contribution in [0.15, 0.2) is 59.7 Å². The number of ether oxygens (including phenoxy) is 1. The van der Waals surface area contributed by atoms with Crippen molar-refractivity contribution >= 4 is 5.71 Å². The highest BCUT2D eigenvalue weighted by Gasteiger charge is 2.38. The first-order valence-corrected chi connectivity index (χ1v) is 7.40. The highest BCUT2D eigenvalue weighted by atomic mass is 16.6. The largest absolute Gasteiger partial charge is 0.366 e. The van der Waals surface area contributed by atoms with E-state index in [2.05, 4.69) is 66.5 Å². The van der Waals surface area contributed by atoms with Crippen molar-refractivity contribution in [2.45, 2.75) is 19.1 Å². The molecule has 2 unspecified atom stereocenters. The smallest absolute Gasteiger partial charge is 0.125 e. The zero-order valence-electron chi connectivity index (χ0n) is 12.1. The zero-order chi connectivity index (χ0) is 14.2. The van der Waals surface area contributed by atoms with Gasteiger partial charge in [-0.3, -0.25) is 5.01 Å². The Morgan fingerprint density at radius 3 is 2.48 bits per heavy atom. The van der Waals surface area contributed by atoms with Gasteiger partial charge in [0, 0.05) is 5.56 Å². The van der Waals surface area contributed by atoms with E-state index < -0.39 is 0 Å². The summed E-state index contributed by atoms with van der Waals surface area (Å²) in [6.07, 6.45) is 0.171. The molecule has 0 N–H and O–H groups in total. The van der Waals surface area contributed by atoms with Crippen molar-refractivity contribution in [1.82, 2.24) is 5.01 Å². The fraction of sp³-hybridized carbons (Fsp3) is 0.278. The lowest BCUT2D eigenvalue weighted by Crippen LogP contribution is -2.11. The minimum atomic E-state index is 0.171. The highest BCUT2D eigenvalue weighted by molar-refractivity contribution is 6.05. The lowest BCUT2D eigenvalue weighted by Gasteiger charge is -2.06. The molecule has 2 heterocycles. The van der Waals surface area contributed by atoms with E-state index in [4.69, 9.17) is 9.84 Å². The van der Waals surface area contributed by atoms with Gasteiger partial charge in [-0.15, -0.1) is 0 Å². The molecular weight excluding hydrogens is 260 g/mol. The number of nitrogens with zero attached hydrogens (tertiary/aromatic N) is 2. The molecule has 3 heteroatoms. The van der Waals surface area contributed by atoms with E-state index >= 15 is 0 Å². The lowest BCUT2D eigenvalue weighted by molar-refractivity contribution is 0.445. The molecule has 3 nitrogen and oxygen atoms in total. The van der Waals surface area contributed by atoms with Crippen LogP contribution in [-0.2, 0) is 4.74 Å². The second-order valence-electron chi connectivity index (χ2n) is 5.72. The fourth-order valence-corrected chi connectivity index (χ4v) is 2.57. The molecular formula is C18H18N2O. The van der Waals surface area contributed by atoms with Gasteiger partial charge in [-0.25, -0.2) is 0 Å². The summed E-state index contributed by atoms with van der Waals surface area (Å²) in [5, 5.41) is 6.98. The number of epoxide rings is 1. The molecule has 0 aliphatic carbocycles. The molecule has 4 rings (SSSR count). The van der Waals surface area contributed by atoms with Crippen LogP contribution < -0.4 is 0 Å². The third-order valence-corrected chi connectivity index (χ3v) is 3.99. The molecule has 0 aromatic heterocycles. The summed E-state index contributed by atoms with van der Waals surface area (Å²) < 4.78 is 5.47. The van der Waals surface area contributed by atoms with Crippen molar-refractivity contribution < 1.29 is 4.74 Å². The van der Waals surface area contributed by atoms with Crippen LogP contribution in [0.5, 0.6) is 0 Å². The number of rotatable bonds is 4. The molecule has 106 valence electrons. The monoisotopic (exact) mass is 278 g/mol. The number of hydrazone groups is 1. The Kier molecular flexibility index (Phi) is 3.00. The van der Waals surface area contributed by atoms with Gasteiger partial charge in [0.1, 0.15) is 6.10 Å². The molecule has 21 heavy (non-hydrogen) atoms. The van der Waals surface area contributed by atoms with Gasteiger partial charge in [-0.2, -0.15) is 5.10 Å². The molecule has 2 aliphatic rings. The Morgan fingerprint density at radius 1 is 1.10 bits per heavy atom. The van der Waals surface area contributed by atoms with Crippen molar-refractivity contribution in [3.8, 4) is 0 Å². The average molecular weight is 278 g/mol. The van der Waals surface area contributed by atoms with Gasteiger partial charge in [-0.05, 0) is 12.5 Å². The molecule has 2 aliphatic heterocycles. The van der Waals surface area contributed by atoms with E-state index in [-0.39, 0.29) is 6.10 Å². The van der Waals surface area contributed by atoms with Gasteiger partial charge in [0.2, 0.25) is 0 Å². The maximum Gasteiger partial charge on any atom is 0.125 e. The van der Waals surface area contributed by atoms with Crippen LogP contribution in [0.25, 0.3) is 0 Å². The van der Waals surface area contributed by atoms with Crippen LogP contribution in [0.4, 0.5) is 0 Å². The van der Waals surface area contributed by atoms with Crippen molar-refractivity contribution in [2.75, 3.05) is 13.2 Å². The van der Waals surface area contributed by atoms with Crippen LogP contribution in [0, 0.1) is 6.92 Å². The van der Waals surface area contributed by atoms with E-state index in [1.807, 2.05) is 0 Å². The van der Waals surface area contributed by atoms with E-state index in [9.17, 15) is 0 Å². The third-order valence-electron chi connectivity index (χ3n) is 3.99. The number of aryl methyl sites for hydroxylation is 1. The topological polar surface area (TPSA) is 27.9 Å². The maximum absolute atomic E-state index is 5.47. The molecule has 0 spiro atoms. The third kappa shape index (κ3) is 2.69. The summed E-state index contributed by atoms with van der Waals surface area (Å²) in [7, 11) is 0. The molecule has 2 aromatic carbocycles. The van der Waals surface area contributed by atoms with E-state index in [1.54, 1.807) is 0 Å². The second-order valence-corrected chi connectivity index (χ2v) is 5.72. The Morgan fingerprint density at radius 2 is 1.81 bits per heavy atom. The second kappa shape index (κ2) is 5.01. The van der Waals surface area contributed by atoms with Crippen LogP contribution in [0.1, 0.15) is 22.7 Å². The van der Waals surface area contributed by atoms with Gasteiger partial charge in [-0.1, -0.05) is 60.2 Å². The Balaban J connectivity index is 1.57. The first-order valence-electron chi connectivity index (χ1n) is 7.40. The summed E-state index contributed by atoms with van der Waals surface area (Å²) in [6, 6.07) is 19.5. The van der Waals surface area contributed by atoms with Crippen molar-refractivity contribution in [1.29, 1.82) is 0 Å². The van der Waals surface area contributed by atoms with E-state index in [0.29, 0.717) is 6.04 Å². The molecule has 0 saturated carbocycles. The Labute approximate surface area is 124 Å². The molecule has 0 amide bonds. The Hall–Kier alpha value is -2.13. The normalized spacial score (nSPS) is 24.0.